The first-order valence-corrected chi connectivity index (χ1v) is 10.4. The third-order valence-electron chi connectivity index (χ3n) is 4.08. The van der Waals surface area contributed by atoms with E-state index in [1.807, 2.05) is 6.07 Å². The fraction of sp³-hybridized carbons (Fsp3) is 0.100. The Bertz CT molecular complexity index is 1150. The largest absolute Gasteiger partial charge is 0.477 e. The molecule has 0 radical (unpaired) electrons. The summed E-state index contributed by atoms with van der Waals surface area (Å²) in [6, 6.07) is 17.0. The number of benzene rings is 2. The number of sulfone groups is 1. The Balaban J connectivity index is 2.02. The molecule has 0 spiro atoms. The summed E-state index contributed by atoms with van der Waals surface area (Å²) in [5.41, 5.74) is 2.11. The number of hydrogen-bond acceptors (Lipinski definition) is 5. The Morgan fingerprint density at radius 1 is 1.15 bits per heavy atom. The molecule has 5 nitrogen and oxygen atoms in total. The van der Waals surface area contributed by atoms with Crippen LogP contribution in [0.15, 0.2) is 59.5 Å². The predicted octanol–water partition coefficient (Wildman–Crippen LogP) is 4.27. The molecule has 0 aliphatic heterocycles. The van der Waals surface area contributed by atoms with Gasteiger partial charge in [-0.15, -0.1) is 11.3 Å². The lowest BCUT2D eigenvalue weighted by atomic mass is 10.1. The van der Waals surface area contributed by atoms with Gasteiger partial charge in [0.15, 0.2) is 9.84 Å². The van der Waals surface area contributed by atoms with Gasteiger partial charge in [0.1, 0.15) is 4.88 Å². The van der Waals surface area contributed by atoms with E-state index in [1.165, 1.54) is 6.07 Å². The zero-order valence-corrected chi connectivity index (χ0v) is 16.0. The standard InChI is InChI=1S/C20H15NO4S2/c1-13-4-2-3-5-18(13)27(24,25)12-16-10-17(26-19(16)20(22)23)15-8-6-14(11-21)7-9-15/h2-10H,12H2,1H3,(H,22,23). The van der Waals surface area contributed by atoms with Crippen molar-refractivity contribution in [3.05, 3.63) is 76.2 Å². The van der Waals surface area contributed by atoms with Crippen LogP contribution in [-0.4, -0.2) is 19.5 Å². The lowest BCUT2D eigenvalue weighted by Crippen LogP contribution is -2.08. The van der Waals surface area contributed by atoms with E-state index in [1.54, 1.807) is 55.5 Å². The molecule has 0 aliphatic rings. The van der Waals surface area contributed by atoms with Crippen LogP contribution in [-0.2, 0) is 15.6 Å². The molecule has 1 heterocycles. The molecule has 3 rings (SSSR count). The molecular formula is C20H15NO4S2. The molecule has 136 valence electrons. The van der Waals surface area contributed by atoms with Crippen molar-refractivity contribution in [3.8, 4) is 16.5 Å². The van der Waals surface area contributed by atoms with Gasteiger partial charge in [0.05, 0.1) is 22.3 Å². The Morgan fingerprint density at radius 2 is 1.81 bits per heavy atom. The molecule has 0 atom stereocenters. The van der Waals surface area contributed by atoms with E-state index >= 15 is 0 Å². The first kappa shape index (κ1) is 18.8. The van der Waals surface area contributed by atoms with E-state index in [0.29, 0.717) is 16.0 Å². The summed E-state index contributed by atoms with van der Waals surface area (Å²) in [4.78, 5) is 12.5. The van der Waals surface area contributed by atoms with Crippen LogP contribution in [0.25, 0.3) is 10.4 Å². The second-order valence-corrected chi connectivity index (χ2v) is 8.99. The van der Waals surface area contributed by atoms with Crippen LogP contribution in [0, 0.1) is 18.3 Å². The molecular weight excluding hydrogens is 382 g/mol. The molecule has 0 saturated carbocycles. The topological polar surface area (TPSA) is 95.2 Å². The molecule has 3 aromatic rings. The van der Waals surface area contributed by atoms with Gasteiger partial charge in [0.2, 0.25) is 0 Å². The second-order valence-electron chi connectivity index (χ2n) is 5.98. The van der Waals surface area contributed by atoms with Crippen molar-refractivity contribution in [1.29, 1.82) is 5.26 Å². The van der Waals surface area contributed by atoms with Crippen LogP contribution in [0.1, 0.15) is 26.4 Å². The van der Waals surface area contributed by atoms with Gasteiger partial charge in [-0.2, -0.15) is 5.26 Å². The van der Waals surface area contributed by atoms with Crippen molar-refractivity contribution >= 4 is 27.1 Å². The number of nitrogens with zero attached hydrogens (tertiary/aromatic N) is 1. The van der Waals surface area contributed by atoms with Crippen LogP contribution < -0.4 is 0 Å². The molecule has 1 aromatic heterocycles. The van der Waals surface area contributed by atoms with Crippen LogP contribution in [0.5, 0.6) is 0 Å². The van der Waals surface area contributed by atoms with Crippen LogP contribution >= 0.6 is 11.3 Å². The molecule has 2 aromatic carbocycles. The summed E-state index contributed by atoms with van der Waals surface area (Å²) in [7, 11) is -3.68. The number of carboxylic acid groups (broad SMARTS) is 1. The van der Waals surface area contributed by atoms with Crippen LogP contribution in [0.2, 0.25) is 0 Å². The number of aryl methyl sites for hydroxylation is 1. The molecule has 0 amide bonds. The Kier molecular flexibility index (Phi) is 5.13. The van der Waals surface area contributed by atoms with E-state index in [2.05, 4.69) is 0 Å². The molecule has 7 heteroatoms. The molecule has 0 bridgehead atoms. The maximum Gasteiger partial charge on any atom is 0.346 e. The summed E-state index contributed by atoms with van der Waals surface area (Å²) in [5.74, 6) is -1.54. The highest BCUT2D eigenvalue weighted by molar-refractivity contribution is 7.90. The SMILES string of the molecule is Cc1ccccc1S(=O)(=O)Cc1cc(-c2ccc(C#N)cc2)sc1C(=O)O. The van der Waals surface area contributed by atoms with E-state index in [9.17, 15) is 18.3 Å². The highest BCUT2D eigenvalue weighted by Gasteiger charge is 2.24. The van der Waals surface area contributed by atoms with Crippen LogP contribution in [0.3, 0.4) is 0 Å². The molecule has 0 unspecified atom stereocenters. The van der Waals surface area contributed by atoms with E-state index < -0.39 is 15.8 Å². The molecule has 1 N–H and O–H groups in total. The first-order valence-electron chi connectivity index (χ1n) is 7.97. The maximum atomic E-state index is 12.8. The minimum Gasteiger partial charge on any atom is -0.477 e. The number of rotatable bonds is 5. The highest BCUT2D eigenvalue weighted by atomic mass is 32.2. The summed E-state index contributed by atoms with van der Waals surface area (Å²) >= 11 is 1.03. The van der Waals surface area contributed by atoms with Gasteiger partial charge in [-0.05, 0) is 47.9 Å². The summed E-state index contributed by atoms with van der Waals surface area (Å²) < 4.78 is 25.6. The Labute approximate surface area is 161 Å². The number of aromatic carboxylic acids is 1. The number of thiophene rings is 1. The van der Waals surface area contributed by atoms with Gasteiger partial charge in [0, 0.05) is 4.88 Å². The third-order valence-corrected chi connectivity index (χ3v) is 7.11. The lowest BCUT2D eigenvalue weighted by molar-refractivity contribution is 0.0701. The summed E-state index contributed by atoms with van der Waals surface area (Å²) in [6.45, 7) is 1.71. The van der Waals surface area contributed by atoms with Crippen molar-refractivity contribution in [1.82, 2.24) is 0 Å². The van der Waals surface area contributed by atoms with Crippen molar-refractivity contribution in [2.45, 2.75) is 17.6 Å². The third kappa shape index (κ3) is 3.92. The zero-order chi connectivity index (χ0) is 19.6. The quantitative estimate of drug-likeness (QED) is 0.694. The number of nitriles is 1. The minimum atomic E-state index is -3.68. The summed E-state index contributed by atoms with van der Waals surface area (Å²) in [5, 5.41) is 18.4. The zero-order valence-electron chi connectivity index (χ0n) is 14.3. The fourth-order valence-corrected chi connectivity index (χ4v) is 5.51. The van der Waals surface area contributed by atoms with Gasteiger partial charge in [-0.1, -0.05) is 30.3 Å². The molecule has 0 aliphatic carbocycles. The smallest absolute Gasteiger partial charge is 0.346 e. The van der Waals surface area contributed by atoms with Gasteiger partial charge < -0.3 is 5.11 Å². The van der Waals surface area contributed by atoms with Crippen molar-refractivity contribution in [2.24, 2.45) is 0 Å². The Hall–Kier alpha value is -2.95. The molecule has 0 fully saturated rings. The fourth-order valence-electron chi connectivity index (χ4n) is 2.76. The number of carboxylic acids is 1. The van der Waals surface area contributed by atoms with Crippen LogP contribution in [0.4, 0.5) is 0 Å². The normalized spacial score (nSPS) is 11.1. The average molecular weight is 397 g/mol. The predicted molar refractivity (Wildman–Crippen MR) is 103 cm³/mol. The number of carbonyl (C=O) groups is 1. The average Bonchev–Trinajstić information content (AvgIpc) is 3.05. The first-order chi connectivity index (χ1) is 12.8. The van der Waals surface area contributed by atoms with Gasteiger partial charge in [-0.25, -0.2) is 13.2 Å². The molecule has 0 saturated heterocycles. The van der Waals surface area contributed by atoms with E-state index in [4.69, 9.17) is 5.26 Å². The van der Waals surface area contributed by atoms with Crippen molar-refractivity contribution in [3.63, 3.8) is 0 Å². The Morgan fingerprint density at radius 3 is 2.41 bits per heavy atom. The van der Waals surface area contributed by atoms with Crippen molar-refractivity contribution in [2.75, 3.05) is 0 Å². The van der Waals surface area contributed by atoms with E-state index in [-0.39, 0.29) is 21.1 Å². The van der Waals surface area contributed by atoms with Gasteiger partial charge >= 0.3 is 5.97 Å². The highest BCUT2D eigenvalue weighted by Crippen LogP contribution is 2.34. The lowest BCUT2D eigenvalue weighted by Gasteiger charge is -2.07. The number of hydrogen-bond donors (Lipinski definition) is 1. The van der Waals surface area contributed by atoms with Crippen molar-refractivity contribution < 1.29 is 18.3 Å². The van der Waals surface area contributed by atoms with Gasteiger partial charge in [-0.3, -0.25) is 0 Å². The molecule has 27 heavy (non-hydrogen) atoms. The van der Waals surface area contributed by atoms with Gasteiger partial charge in [0.25, 0.3) is 0 Å². The van der Waals surface area contributed by atoms with E-state index in [0.717, 1.165) is 16.9 Å². The monoisotopic (exact) mass is 397 g/mol. The maximum absolute atomic E-state index is 12.8. The second kappa shape index (κ2) is 7.35. The minimum absolute atomic E-state index is 0.00604. The summed E-state index contributed by atoms with van der Waals surface area (Å²) in [6.07, 6.45) is 0.